The number of para-hydroxylation sites is 1. The first-order valence-electron chi connectivity index (χ1n) is 12.8. The number of benzene rings is 1. The van der Waals surface area contributed by atoms with Gasteiger partial charge in [-0.2, -0.15) is 0 Å². The maximum absolute atomic E-state index is 12.7. The zero-order valence-electron chi connectivity index (χ0n) is 22.0. The van der Waals surface area contributed by atoms with Gasteiger partial charge in [-0.1, -0.05) is 38.5 Å². The Bertz CT molecular complexity index is 1120. The number of fused-ring (bicyclic) bond motifs is 3. The molecule has 8 heteroatoms. The van der Waals surface area contributed by atoms with E-state index >= 15 is 0 Å². The number of anilines is 1. The molecule has 0 fully saturated rings. The van der Waals surface area contributed by atoms with Gasteiger partial charge in [0.2, 0.25) is 0 Å². The lowest BCUT2D eigenvalue weighted by Gasteiger charge is -2.27. The molecule has 2 aromatic heterocycles. The summed E-state index contributed by atoms with van der Waals surface area (Å²) >= 11 is 0. The number of hydrogen-bond donors (Lipinski definition) is 1. The van der Waals surface area contributed by atoms with Crippen molar-refractivity contribution in [1.82, 2.24) is 19.4 Å². The van der Waals surface area contributed by atoms with Gasteiger partial charge in [0.25, 0.3) is 0 Å². The first-order chi connectivity index (χ1) is 16.8. The number of pyridine rings is 1. The molecular formula is C27H41N5O3. The highest BCUT2D eigenvalue weighted by molar-refractivity contribution is 6.06. The van der Waals surface area contributed by atoms with E-state index in [-0.39, 0.29) is 5.97 Å². The number of esters is 1. The van der Waals surface area contributed by atoms with Gasteiger partial charge in [-0.15, -0.1) is 0 Å². The number of unbranched alkanes of at least 4 members (excludes halogenated alkanes) is 2. The Labute approximate surface area is 208 Å². The second kappa shape index (κ2) is 12.3. The molecule has 3 rings (SSSR count). The monoisotopic (exact) mass is 483 g/mol. The van der Waals surface area contributed by atoms with Crippen molar-refractivity contribution in [2.45, 2.75) is 79.1 Å². The van der Waals surface area contributed by atoms with Crippen LogP contribution < -0.4 is 5.73 Å². The molecule has 0 saturated carbocycles. The quantitative estimate of drug-likeness (QED) is 0.257. The van der Waals surface area contributed by atoms with Crippen molar-refractivity contribution >= 4 is 33.7 Å². The van der Waals surface area contributed by atoms with Crippen LogP contribution in [0.15, 0.2) is 24.3 Å². The summed E-state index contributed by atoms with van der Waals surface area (Å²) < 4.78 is 13.7. The van der Waals surface area contributed by atoms with Gasteiger partial charge in [0.1, 0.15) is 23.5 Å². The molecule has 0 aliphatic heterocycles. The summed E-state index contributed by atoms with van der Waals surface area (Å²) in [5.41, 5.74) is 7.89. The Hall–Kier alpha value is -2.71. The van der Waals surface area contributed by atoms with Crippen molar-refractivity contribution in [3.05, 3.63) is 30.1 Å². The van der Waals surface area contributed by atoms with Crippen LogP contribution in [0.1, 0.15) is 66.1 Å². The molecule has 2 heterocycles. The van der Waals surface area contributed by atoms with Crippen molar-refractivity contribution in [2.24, 2.45) is 0 Å². The van der Waals surface area contributed by atoms with Gasteiger partial charge < -0.3 is 24.7 Å². The Morgan fingerprint density at radius 3 is 2.54 bits per heavy atom. The smallest absolute Gasteiger partial charge is 0.306 e. The summed E-state index contributed by atoms with van der Waals surface area (Å²) in [5.74, 6) is 0.960. The summed E-state index contributed by atoms with van der Waals surface area (Å²) in [6, 6.07) is 7.88. The first kappa shape index (κ1) is 26.9. The number of nitrogen functional groups attached to an aromatic ring is 1. The lowest BCUT2D eigenvalue weighted by atomic mass is 10.1. The van der Waals surface area contributed by atoms with E-state index in [9.17, 15) is 4.79 Å². The molecule has 3 aromatic rings. The molecule has 0 aliphatic rings. The van der Waals surface area contributed by atoms with Gasteiger partial charge in [0.05, 0.1) is 17.6 Å². The summed E-state index contributed by atoms with van der Waals surface area (Å²) in [5, 5.41) is 0.960. The molecule has 2 N–H and O–H groups in total. The van der Waals surface area contributed by atoms with Crippen molar-refractivity contribution in [2.75, 3.05) is 32.0 Å². The molecule has 0 aliphatic carbocycles. The fraction of sp³-hybridized carbons (Fsp3) is 0.593. The average molecular weight is 484 g/mol. The van der Waals surface area contributed by atoms with E-state index in [4.69, 9.17) is 20.2 Å². The highest BCUT2D eigenvalue weighted by Crippen LogP contribution is 2.31. The minimum Gasteiger partial charge on any atom is -0.458 e. The normalized spacial score (nSPS) is 12.2. The van der Waals surface area contributed by atoms with Gasteiger partial charge in [-0.05, 0) is 59.3 Å². The highest BCUT2D eigenvalue weighted by atomic mass is 16.6. The van der Waals surface area contributed by atoms with Crippen LogP contribution in [-0.4, -0.2) is 57.2 Å². The van der Waals surface area contributed by atoms with Crippen molar-refractivity contribution in [1.29, 1.82) is 0 Å². The third-order valence-electron chi connectivity index (χ3n) is 6.30. The number of hydrogen-bond acceptors (Lipinski definition) is 7. The molecule has 0 spiro atoms. The second-order valence-electron chi connectivity index (χ2n) is 9.53. The summed E-state index contributed by atoms with van der Waals surface area (Å²) in [4.78, 5) is 24.4. The predicted octanol–water partition coefficient (Wildman–Crippen LogP) is 4.93. The summed E-state index contributed by atoms with van der Waals surface area (Å²) in [6.07, 6.45) is 3.39. The molecule has 192 valence electrons. The van der Waals surface area contributed by atoms with Gasteiger partial charge in [0.15, 0.2) is 5.82 Å². The number of carbonyl (C=O) groups is 1. The van der Waals surface area contributed by atoms with E-state index in [1.165, 1.54) is 0 Å². The molecule has 0 saturated heterocycles. The predicted molar refractivity (Wildman–Crippen MR) is 141 cm³/mol. The zero-order valence-corrected chi connectivity index (χ0v) is 22.0. The van der Waals surface area contributed by atoms with Gasteiger partial charge in [-0.25, -0.2) is 9.97 Å². The molecule has 35 heavy (non-hydrogen) atoms. The fourth-order valence-electron chi connectivity index (χ4n) is 4.47. The van der Waals surface area contributed by atoms with Crippen molar-refractivity contribution in [3.63, 3.8) is 0 Å². The van der Waals surface area contributed by atoms with Gasteiger partial charge >= 0.3 is 5.97 Å². The van der Waals surface area contributed by atoms with E-state index in [1.807, 2.05) is 45.0 Å². The van der Waals surface area contributed by atoms with Crippen LogP contribution in [-0.2, 0) is 27.4 Å². The minimum atomic E-state index is -0.730. The van der Waals surface area contributed by atoms with E-state index in [1.54, 1.807) is 0 Å². The minimum absolute atomic E-state index is 0.167. The molecule has 1 aromatic carbocycles. The number of nitrogens with two attached hydrogens (primary N) is 1. The molecule has 0 unspecified atom stereocenters. The largest absolute Gasteiger partial charge is 0.458 e. The number of rotatable bonds is 14. The third-order valence-corrected chi connectivity index (χ3v) is 6.30. The number of aromatic nitrogens is 3. The number of nitrogens with zero attached hydrogens (tertiary/aromatic N) is 4. The molecular weight excluding hydrogens is 442 g/mol. The van der Waals surface area contributed by atoms with Crippen molar-refractivity contribution in [3.8, 4) is 0 Å². The zero-order chi connectivity index (χ0) is 25.4. The topological polar surface area (TPSA) is 95.5 Å². The molecule has 0 bridgehead atoms. The lowest BCUT2D eigenvalue weighted by Crippen LogP contribution is -2.34. The molecule has 0 radical (unpaired) electrons. The number of imidazole rings is 1. The Morgan fingerprint density at radius 2 is 1.83 bits per heavy atom. The molecule has 8 nitrogen and oxygen atoms in total. The van der Waals surface area contributed by atoms with Crippen LogP contribution in [0.2, 0.25) is 0 Å². The van der Waals surface area contributed by atoms with Gasteiger partial charge in [0, 0.05) is 18.4 Å². The lowest BCUT2D eigenvalue weighted by molar-refractivity contribution is -0.157. The molecule has 0 amide bonds. The maximum Gasteiger partial charge on any atom is 0.306 e. The van der Waals surface area contributed by atoms with E-state index in [2.05, 4.69) is 28.3 Å². The van der Waals surface area contributed by atoms with Gasteiger partial charge in [-0.3, -0.25) is 4.79 Å². The number of carbonyl (C=O) groups excluding carboxylic acids is 1. The van der Waals surface area contributed by atoms with E-state index in [0.717, 1.165) is 61.1 Å². The van der Waals surface area contributed by atoms with E-state index in [0.29, 0.717) is 37.5 Å². The Kier molecular flexibility index (Phi) is 9.46. The Balaban J connectivity index is 1.75. The first-order valence-corrected chi connectivity index (χ1v) is 12.8. The average Bonchev–Trinajstić information content (AvgIpc) is 3.18. The van der Waals surface area contributed by atoms with Crippen LogP contribution >= 0.6 is 0 Å². The standard InChI is InChI=1S/C27H41N5O3/c1-6-31(7-2)17-13-9-10-16-23(33)35-27(4,5)19-32-22(18-34-8-3)30-24-25(32)20-14-11-12-15-21(20)29-26(24)28/h11-12,14-15H,6-10,13,16-19H2,1-5H3,(H2,28,29). The van der Waals surface area contributed by atoms with Crippen molar-refractivity contribution < 1.29 is 14.3 Å². The molecule has 0 atom stereocenters. The second-order valence-corrected chi connectivity index (χ2v) is 9.53. The van der Waals surface area contributed by atoms with Crippen LogP contribution in [0.5, 0.6) is 0 Å². The highest BCUT2D eigenvalue weighted by Gasteiger charge is 2.27. The van der Waals surface area contributed by atoms with Crippen LogP contribution in [0.4, 0.5) is 5.82 Å². The maximum atomic E-state index is 12.7. The SMILES string of the molecule is CCOCc1nc2c(N)nc3ccccc3c2n1CC(C)(C)OC(=O)CCCCCN(CC)CC. The summed E-state index contributed by atoms with van der Waals surface area (Å²) in [6.45, 7) is 14.8. The van der Waals surface area contributed by atoms with E-state index < -0.39 is 5.60 Å². The van der Waals surface area contributed by atoms with Crippen LogP contribution in [0.25, 0.3) is 21.9 Å². The number of ether oxygens (including phenoxy) is 2. The third kappa shape index (κ3) is 6.92. The van der Waals surface area contributed by atoms with Crippen LogP contribution in [0, 0.1) is 0 Å². The van der Waals surface area contributed by atoms with Crippen LogP contribution in [0.3, 0.4) is 0 Å². The Morgan fingerprint density at radius 1 is 1.09 bits per heavy atom. The fourth-order valence-corrected chi connectivity index (χ4v) is 4.47. The summed E-state index contributed by atoms with van der Waals surface area (Å²) in [7, 11) is 0.